The van der Waals surface area contributed by atoms with Gasteiger partial charge in [0.05, 0.1) is 25.7 Å². The molecule has 8 heteroatoms. The molecule has 7 nitrogen and oxygen atoms in total. The number of methoxy groups -OCH3 is 1. The van der Waals surface area contributed by atoms with Crippen LogP contribution >= 0.6 is 0 Å². The van der Waals surface area contributed by atoms with Crippen molar-refractivity contribution in [3.63, 3.8) is 0 Å². The molecule has 2 heterocycles. The predicted molar refractivity (Wildman–Crippen MR) is 122 cm³/mol. The first-order valence-electron chi connectivity index (χ1n) is 11.6. The zero-order chi connectivity index (χ0) is 24.1. The normalized spacial score (nSPS) is 19.9. The molecule has 1 amide bonds. The van der Waals surface area contributed by atoms with E-state index in [1.54, 1.807) is 12.0 Å². The molecule has 2 aliphatic rings. The van der Waals surface area contributed by atoms with Crippen LogP contribution in [0, 0.1) is 11.7 Å². The molecule has 34 heavy (non-hydrogen) atoms. The fraction of sp³-hybridized carbons (Fsp3) is 0.462. The van der Waals surface area contributed by atoms with Crippen molar-refractivity contribution >= 4 is 11.9 Å². The molecular formula is C26H30FNO6. The van der Waals surface area contributed by atoms with Gasteiger partial charge in [-0.3, -0.25) is 9.59 Å². The van der Waals surface area contributed by atoms with Crippen molar-refractivity contribution in [2.75, 3.05) is 20.4 Å². The molecule has 1 saturated heterocycles. The van der Waals surface area contributed by atoms with Gasteiger partial charge in [-0.15, -0.1) is 0 Å². The highest BCUT2D eigenvalue weighted by Crippen LogP contribution is 2.41. The lowest BCUT2D eigenvalue weighted by Gasteiger charge is -2.41. The number of amides is 1. The molecule has 0 spiro atoms. The molecule has 2 aliphatic heterocycles. The van der Waals surface area contributed by atoms with Crippen LogP contribution in [0.2, 0.25) is 0 Å². The molecule has 0 radical (unpaired) electrons. The molecule has 1 fully saturated rings. The highest BCUT2D eigenvalue weighted by molar-refractivity contribution is 5.82. The van der Waals surface area contributed by atoms with Gasteiger partial charge in [0.1, 0.15) is 23.9 Å². The van der Waals surface area contributed by atoms with Gasteiger partial charge in [0, 0.05) is 29.7 Å². The van der Waals surface area contributed by atoms with Gasteiger partial charge in [-0.2, -0.15) is 0 Å². The number of rotatable bonds is 8. The molecule has 0 aliphatic carbocycles. The van der Waals surface area contributed by atoms with Crippen LogP contribution in [-0.2, 0) is 32.3 Å². The first kappa shape index (κ1) is 24.0. The van der Waals surface area contributed by atoms with Crippen LogP contribution in [0.3, 0.4) is 0 Å². The van der Waals surface area contributed by atoms with Crippen molar-refractivity contribution in [3.8, 4) is 11.5 Å². The molecule has 182 valence electrons. The van der Waals surface area contributed by atoms with Gasteiger partial charge < -0.3 is 23.8 Å². The Labute approximate surface area is 198 Å². The number of hydrogen-bond acceptors (Lipinski definition) is 6. The van der Waals surface area contributed by atoms with Gasteiger partial charge in [-0.05, 0) is 31.0 Å². The number of benzene rings is 2. The Morgan fingerprint density at radius 1 is 1.26 bits per heavy atom. The van der Waals surface area contributed by atoms with Gasteiger partial charge >= 0.3 is 5.97 Å². The Hall–Kier alpha value is -3.13. The van der Waals surface area contributed by atoms with E-state index in [2.05, 4.69) is 6.92 Å². The number of likely N-dealkylation sites (tertiary alicyclic amines) is 1. The maximum Gasteiger partial charge on any atom is 0.311 e. The largest absolute Gasteiger partial charge is 0.496 e. The molecule has 4 rings (SSSR count). The average Bonchev–Trinajstić information content (AvgIpc) is 2.86. The topological polar surface area (TPSA) is 74.3 Å². The van der Waals surface area contributed by atoms with Gasteiger partial charge in [0.15, 0.2) is 6.79 Å². The summed E-state index contributed by atoms with van der Waals surface area (Å²) in [5, 5.41) is 0. The molecule has 0 aromatic heterocycles. The summed E-state index contributed by atoms with van der Waals surface area (Å²) in [6.45, 7) is 2.78. The van der Waals surface area contributed by atoms with Crippen molar-refractivity contribution < 1.29 is 32.9 Å². The quantitative estimate of drug-likeness (QED) is 0.527. The number of carbonyl (C=O) groups is 2. The summed E-state index contributed by atoms with van der Waals surface area (Å²) < 4.78 is 36.1. The molecule has 2 aromatic rings. The predicted octanol–water partition coefficient (Wildman–Crippen LogP) is 4.52. The number of halogens is 1. The van der Waals surface area contributed by atoms with Crippen LogP contribution in [-0.4, -0.2) is 37.2 Å². The van der Waals surface area contributed by atoms with E-state index in [4.69, 9.17) is 18.9 Å². The van der Waals surface area contributed by atoms with Crippen LogP contribution in [0.4, 0.5) is 4.39 Å². The lowest BCUT2D eigenvalue weighted by molar-refractivity contribution is -0.158. The smallest absolute Gasteiger partial charge is 0.311 e. The maximum absolute atomic E-state index is 14.1. The van der Waals surface area contributed by atoms with Crippen molar-refractivity contribution in [3.05, 3.63) is 58.9 Å². The van der Waals surface area contributed by atoms with Gasteiger partial charge in [0.2, 0.25) is 5.91 Å². The van der Waals surface area contributed by atoms with Crippen molar-refractivity contribution in [1.82, 2.24) is 4.90 Å². The molecule has 0 N–H and O–H groups in total. The number of unbranched alkanes of at least 4 members (excludes halogenated alkanes) is 1. The fourth-order valence-corrected chi connectivity index (χ4v) is 4.71. The minimum absolute atomic E-state index is 0.0148. The SMILES string of the molecule is CCCCN1C(=O)CCC(C(=O)OCc2cc(F)cc3c2OCOC3)C1c1ccccc1OC. The first-order valence-corrected chi connectivity index (χ1v) is 11.6. The summed E-state index contributed by atoms with van der Waals surface area (Å²) in [6, 6.07) is 9.61. The van der Waals surface area contributed by atoms with E-state index < -0.39 is 23.7 Å². The van der Waals surface area contributed by atoms with E-state index in [9.17, 15) is 14.0 Å². The van der Waals surface area contributed by atoms with E-state index in [-0.39, 0.29) is 32.3 Å². The third kappa shape index (κ3) is 5.01. The summed E-state index contributed by atoms with van der Waals surface area (Å²) in [7, 11) is 1.57. The number of esters is 1. The molecular weight excluding hydrogens is 441 g/mol. The second kappa shape index (κ2) is 10.9. The molecule has 0 bridgehead atoms. The lowest BCUT2D eigenvalue weighted by atomic mass is 9.83. The zero-order valence-electron chi connectivity index (χ0n) is 19.6. The minimum atomic E-state index is -0.570. The third-order valence-corrected chi connectivity index (χ3v) is 6.34. The number of piperidine rings is 1. The van der Waals surface area contributed by atoms with Crippen molar-refractivity contribution in [2.24, 2.45) is 5.92 Å². The number of nitrogens with zero attached hydrogens (tertiary/aromatic N) is 1. The summed E-state index contributed by atoms with van der Waals surface area (Å²) in [5.74, 6) is -0.325. The monoisotopic (exact) mass is 471 g/mol. The van der Waals surface area contributed by atoms with Crippen LogP contribution in [0.15, 0.2) is 36.4 Å². The Balaban J connectivity index is 1.60. The van der Waals surface area contributed by atoms with Gasteiger partial charge in [0.25, 0.3) is 0 Å². The number of hydrogen-bond donors (Lipinski definition) is 0. The molecule has 0 saturated carbocycles. The first-order chi connectivity index (χ1) is 16.5. The molecule has 2 aromatic carbocycles. The highest BCUT2D eigenvalue weighted by Gasteiger charge is 2.42. The Morgan fingerprint density at radius 2 is 2.09 bits per heavy atom. The molecule has 2 atom stereocenters. The number of para-hydroxylation sites is 1. The minimum Gasteiger partial charge on any atom is -0.496 e. The Bertz CT molecular complexity index is 1040. The summed E-state index contributed by atoms with van der Waals surface area (Å²) in [5.41, 5.74) is 1.81. The van der Waals surface area contributed by atoms with Gasteiger partial charge in [-0.25, -0.2) is 4.39 Å². The zero-order valence-corrected chi connectivity index (χ0v) is 19.6. The molecule has 2 unspecified atom stereocenters. The van der Waals surface area contributed by atoms with E-state index in [0.717, 1.165) is 18.4 Å². The van der Waals surface area contributed by atoms with E-state index in [0.29, 0.717) is 35.6 Å². The summed E-state index contributed by atoms with van der Waals surface area (Å²) >= 11 is 0. The number of fused-ring (bicyclic) bond motifs is 1. The Kier molecular flexibility index (Phi) is 7.67. The van der Waals surface area contributed by atoms with E-state index in [1.165, 1.54) is 12.1 Å². The lowest BCUT2D eigenvalue weighted by Crippen LogP contribution is -2.46. The second-order valence-electron chi connectivity index (χ2n) is 8.54. The number of carbonyl (C=O) groups excluding carboxylic acids is 2. The summed E-state index contributed by atoms with van der Waals surface area (Å²) in [6.07, 6.45) is 2.39. The third-order valence-electron chi connectivity index (χ3n) is 6.34. The van der Waals surface area contributed by atoms with E-state index in [1.807, 2.05) is 24.3 Å². The van der Waals surface area contributed by atoms with Crippen LogP contribution in [0.25, 0.3) is 0 Å². The van der Waals surface area contributed by atoms with Crippen molar-refractivity contribution in [1.29, 1.82) is 0 Å². The van der Waals surface area contributed by atoms with Crippen molar-refractivity contribution in [2.45, 2.75) is 51.9 Å². The second-order valence-corrected chi connectivity index (χ2v) is 8.54. The Morgan fingerprint density at radius 3 is 2.88 bits per heavy atom. The van der Waals surface area contributed by atoms with Gasteiger partial charge in [-0.1, -0.05) is 31.5 Å². The van der Waals surface area contributed by atoms with Crippen LogP contribution < -0.4 is 9.47 Å². The maximum atomic E-state index is 14.1. The average molecular weight is 472 g/mol. The van der Waals surface area contributed by atoms with E-state index >= 15 is 0 Å². The fourth-order valence-electron chi connectivity index (χ4n) is 4.71. The highest BCUT2D eigenvalue weighted by atomic mass is 19.1. The van der Waals surface area contributed by atoms with Crippen LogP contribution in [0.5, 0.6) is 11.5 Å². The summed E-state index contributed by atoms with van der Waals surface area (Å²) in [4.78, 5) is 28.0. The standard InChI is InChI=1S/C26H30FNO6/c1-3-4-11-28-23(29)10-9-21(24(28)20-7-5-6-8-22(20)31-2)26(30)33-15-18-13-19(27)12-17-14-32-16-34-25(17)18/h5-8,12-13,21,24H,3-4,9-11,14-16H2,1-2H3. The number of ether oxygens (including phenoxy) is 4. The van der Waals surface area contributed by atoms with Crippen LogP contribution in [0.1, 0.15) is 55.3 Å².